The fraction of sp³-hybridized carbons (Fsp3) is 0.154. The molecule has 0 saturated heterocycles. The van der Waals surface area contributed by atoms with Crippen LogP contribution in [-0.4, -0.2) is 16.5 Å². The second-order valence-corrected chi connectivity index (χ2v) is 4.64. The van der Waals surface area contributed by atoms with E-state index < -0.39 is 0 Å². The second kappa shape index (κ2) is 6.16. The maximum atomic E-state index is 9.10. The van der Waals surface area contributed by atoms with Crippen molar-refractivity contribution in [1.82, 2.24) is 9.97 Å². The standard InChI is InChI=1S/C13H12BrN5/c1-2-16-13-17-6-5-12(19-13)18-11-4-3-10(14)7-9(11)8-15/h3-7H,2H2,1H3,(H2,16,17,18,19). The lowest BCUT2D eigenvalue weighted by Crippen LogP contribution is -2.04. The van der Waals surface area contributed by atoms with E-state index in [-0.39, 0.29) is 0 Å². The summed E-state index contributed by atoms with van der Waals surface area (Å²) in [4.78, 5) is 8.39. The van der Waals surface area contributed by atoms with Gasteiger partial charge < -0.3 is 10.6 Å². The number of hydrogen-bond acceptors (Lipinski definition) is 5. The van der Waals surface area contributed by atoms with Crippen LogP contribution >= 0.6 is 15.9 Å². The fourth-order valence-corrected chi connectivity index (χ4v) is 1.89. The largest absolute Gasteiger partial charge is 0.354 e. The number of hydrogen-bond donors (Lipinski definition) is 2. The molecule has 1 aromatic carbocycles. The van der Waals surface area contributed by atoms with Crippen molar-refractivity contribution >= 4 is 33.4 Å². The molecule has 0 spiro atoms. The lowest BCUT2D eigenvalue weighted by Gasteiger charge is -2.09. The van der Waals surface area contributed by atoms with Gasteiger partial charge in [-0.25, -0.2) is 4.98 Å². The van der Waals surface area contributed by atoms with E-state index in [2.05, 4.69) is 42.6 Å². The summed E-state index contributed by atoms with van der Waals surface area (Å²) in [6, 6.07) is 9.36. The van der Waals surface area contributed by atoms with Crippen molar-refractivity contribution in [3.8, 4) is 6.07 Å². The van der Waals surface area contributed by atoms with E-state index in [1.807, 2.05) is 19.1 Å². The minimum absolute atomic E-state index is 0.554. The SMILES string of the molecule is CCNc1nccc(Nc2ccc(Br)cc2C#N)n1. The lowest BCUT2D eigenvalue weighted by atomic mass is 10.2. The molecule has 5 nitrogen and oxygen atoms in total. The number of nitriles is 1. The molecule has 2 N–H and O–H groups in total. The minimum Gasteiger partial charge on any atom is -0.354 e. The number of benzene rings is 1. The van der Waals surface area contributed by atoms with Crippen LogP contribution in [0.15, 0.2) is 34.9 Å². The van der Waals surface area contributed by atoms with Crippen molar-refractivity contribution in [2.24, 2.45) is 0 Å². The molecular weight excluding hydrogens is 306 g/mol. The van der Waals surface area contributed by atoms with Gasteiger partial charge in [-0.1, -0.05) is 15.9 Å². The summed E-state index contributed by atoms with van der Waals surface area (Å²) in [6.45, 7) is 2.73. The number of anilines is 3. The van der Waals surface area contributed by atoms with Crippen LogP contribution in [0.25, 0.3) is 0 Å². The van der Waals surface area contributed by atoms with Gasteiger partial charge in [0.05, 0.1) is 11.3 Å². The van der Waals surface area contributed by atoms with Crippen molar-refractivity contribution in [2.45, 2.75) is 6.92 Å². The molecule has 0 aliphatic rings. The molecular formula is C13H12BrN5. The Balaban J connectivity index is 2.26. The Hall–Kier alpha value is -2.13. The van der Waals surface area contributed by atoms with Gasteiger partial charge in [0.1, 0.15) is 11.9 Å². The maximum absolute atomic E-state index is 9.10. The molecule has 0 bridgehead atoms. The van der Waals surface area contributed by atoms with Crippen LogP contribution in [0.4, 0.5) is 17.5 Å². The van der Waals surface area contributed by atoms with Crippen molar-refractivity contribution in [1.29, 1.82) is 5.26 Å². The molecule has 19 heavy (non-hydrogen) atoms. The summed E-state index contributed by atoms with van der Waals surface area (Å²) in [5, 5.41) is 15.3. The van der Waals surface area contributed by atoms with Crippen LogP contribution in [-0.2, 0) is 0 Å². The zero-order valence-corrected chi connectivity index (χ0v) is 11.9. The van der Waals surface area contributed by atoms with Gasteiger partial charge in [0.15, 0.2) is 0 Å². The Morgan fingerprint density at radius 1 is 1.37 bits per heavy atom. The molecule has 0 atom stereocenters. The normalized spacial score (nSPS) is 9.74. The predicted molar refractivity (Wildman–Crippen MR) is 78.3 cm³/mol. The minimum atomic E-state index is 0.554. The summed E-state index contributed by atoms with van der Waals surface area (Å²) in [5.41, 5.74) is 1.27. The highest BCUT2D eigenvalue weighted by molar-refractivity contribution is 9.10. The van der Waals surface area contributed by atoms with Crippen molar-refractivity contribution < 1.29 is 0 Å². The van der Waals surface area contributed by atoms with Gasteiger partial charge in [0.25, 0.3) is 0 Å². The summed E-state index contributed by atoms with van der Waals surface area (Å²) in [6.07, 6.45) is 1.66. The quantitative estimate of drug-likeness (QED) is 0.905. The maximum Gasteiger partial charge on any atom is 0.224 e. The first-order valence-electron chi connectivity index (χ1n) is 5.76. The highest BCUT2D eigenvalue weighted by Gasteiger charge is 2.04. The monoisotopic (exact) mass is 317 g/mol. The van der Waals surface area contributed by atoms with Gasteiger partial charge in [-0.3, -0.25) is 0 Å². The average Bonchev–Trinajstić information content (AvgIpc) is 2.41. The van der Waals surface area contributed by atoms with Gasteiger partial charge in [0.2, 0.25) is 5.95 Å². The van der Waals surface area contributed by atoms with Crippen molar-refractivity contribution in [3.05, 3.63) is 40.5 Å². The van der Waals surface area contributed by atoms with Gasteiger partial charge in [0, 0.05) is 17.2 Å². The fourth-order valence-electron chi connectivity index (χ4n) is 1.53. The van der Waals surface area contributed by atoms with Crippen LogP contribution in [0.1, 0.15) is 12.5 Å². The van der Waals surface area contributed by atoms with E-state index in [1.165, 1.54) is 0 Å². The summed E-state index contributed by atoms with van der Waals surface area (Å²) >= 11 is 3.34. The van der Waals surface area contributed by atoms with Crippen LogP contribution in [0.2, 0.25) is 0 Å². The first-order valence-corrected chi connectivity index (χ1v) is 6.56. The van der Waals surface area contributed by atoms with E-state index in [1.54, 1.807) is 18.3 Å². The molecule has 2 aromatic rings. The zero-order valence-electron chi connectivity index (χ0n) is 10.3. The van der Waals surface area contributed by atoms with E-state index in [0.29, 0.717) is 23.0 Å². The topological polar surface area (TPSA) is 73.6 Å². The molecule has 0 fully saturated rings. The molecule has 0 unspecified atom stereocenters. The van der Waals surface area contributed by atoms with Crippen LogP contribution in [0, 0.1) is 11.3 Å². The van der Waals surface area contributed by atoms with Gasteiger partial charge in [-0.15, -0.1) is 0 Å². The molecule has 2 rings (SSSR count). The molecule has 0 aliphatic carbocycles. The molecule has 1 aromatic heterocycles. The Labute approximate surface area is 119 Å². The van der Waals surface area contributed by atoms with Gasteiger partial charge >= 0.3 is 0 Å². The second-order valence-electron chi connectivity index (χ2n) is 3.72. The molecule has 0 aliphatic heterocycles. The van der Waals surface area contributed by atoms with Gasteiger partial charge in [-0.05, 0) is 31.2 Å². The first kappa shape index (κ1) is 13.3. The molecule has 6 heteroatoms. The Morgan fingerprint density at radius 3 is 2.95 bits per heavy atom. The van der Waals surface area contributed by atoms with E-state index in [9.17, 15) is 0 Å². The number of nitrogens with zero attached hydrogens (tertiary/aromatic N) is 3. The summed E-state index contributed by atoms with van der Waals surface area (Å²) < 4.78 is 0.866. The van der Waals surface area contributed by atoms with E-state index in [4.69, 9.17) is 5.26 Å². The third kappa shape index (κ3) is 3.42. The van der Waals surface area contributed by atoms with E-state index >= 15 is 0 Å². The number of halogens is 1. The number of nitrogens with one attached hydrogen (secondary N) is 2. The van der Waals surface area contributed by atoms with Crippen molar-refractivity contribution in [2.75, 3.05) is 17.2 Å². The molecule has 1 heterocycles. The Kier molecular flexibility index (Phi) is 4.31. The first-order chi connectivity index (χ1) is 9.22. The van der Waals surface area contributed by atoms with E-state index in [0.717, 1.165) is 11.0 Å². The molecule has 0 radical (unpaired) electrons. The predicted octanol–water partition coefficient (Wildman–Crippen LogP) is 3.29. The molecule has 96 valence electrons. The highest BCUT2D eigenvalue weighted by Crippen LogP contribution is 2.23. The van der Waals surface area contributed by atoms with Gasteiger partial charge in [-0.2, -0.15) is 10.2 Å². The van der Waals surface area contributed by atoms with Crippen molar-refractivity contribution in [3.63, 3.8) is 0 Å². The molecule has 0 amide bonds. The number of rotatable bonds is 4. The summed E-state index contributed by atoms with van der Waals surface area (Å²) in [7, 11) is 0. The molecule has 0 saturated carbocycles. The highest BCUT2D eigenvalue weighted by atomic mass is 79.9. The zero-order chi connectivity index (χ0) is 13.7. The third-order valence-corrected chi connectivity index (χ3v) is 2.85. The van der Waals surface area contributed by atoms with Crippen LogP contribution in [0.5, 0.6) is 0 Å². The average molecular weight is 318 g/mol. The number of aromatic nitrogens is 2. The van der Waals surface area contributed by atoms with Crippen LogP contribution in [0.3, 0.4) is 0 Å². The summed E-state index contributed by atoms with van der Waals surface area (Å²) in [5.74, 6) is 1.20. The lowest BCUT2D eigenvalue weighted by molar-refractivity contribution is 1.09. The Morgan fingerprint density at radius 2 is 2.21 bits per heavy atom. The van der Waals surface area contributed by atoms with Crippen LogP contribution < -0.4 is 10.6 Å². The third-order valence-electron chi connectivity index (χ3n) is 2.36. The smallest absolute Gasteiger partial charge is 0.224 e. The Bertz CT molecular complexity index is 621.